The molecule has 0 N–H and O–H groups in total. The van der Waals surface area contributed by atoms with Crippen molar-refractivity contribution in [2.45, 2.75) is 117 Å². The number of hydrogen-bond donors (Lipinski definition) is 0. The fourth-order valence-electron chi connectivity index (χ4n) is 4.89. The van der Waals surface area contributed by atoms with E-state index in [1.165, 1.54) is 135 Å². The fraction of sp³-hybridized carbons (Fsp3) is 0.529. The average molecular weight is 489 g/mol. The summed E-state index contributed by atoms with van der Waals surface area (Å²) in [5.41, 5.74) is 5.66. The van der Waals surface area contributed by atoms with Crippen molar-refractivity contribution in [2.75, 3.05) is 0 Å². The standard InChI is InChI=1S/C34H48S/c1-3-5-7-9-11-12-14-16-18-30-21-25-32(26-22-30)34-28-27-33(35-34)31-23-19-29(20-24-31)17-15-13-10-8-6-4-2/h19-28H,3-18H2,1-2H3. The van der Waals surface area contributed by atoms with Gasteiger partial charge in [0.25, 0.3) is 0 Å². The molecule has 0 aliphatic heterocycles. The van der Waals surface area contributed by atoms with Crippen LogP contribution < -0.4 is 0 Å². The highest BCUT2D eigenvalue weighted by atomic mass is 32.1. The highest BCUT2D eigenvalue weighted by Gasteiger charge is 2.06. The molecule has 0 radical (unpaired) electrons. The minimum absolute atomic E-state index is 1.22. The van der Waals surface area contributed by atoms with Gasteiger partial charge >= 0.3 is 0 Å². The summed E-state index contributed by atoms with van der Waals surface area (Å²) in [6, 6.07) is 23.2. The van der Waals surface area contributed by atoms with Crippen LogP contribution >= 0.6 is 11.3 Å². The summed E-state index contributed by atoms with van der Waals surface area (Å²) in [6.45, 7) is 4.57. The number of aryl methyl sites for hydroxylation is 2. The van der Waals surface area contributed by atoms with E-state index in [9.17, 15) is 0 Å². The van der Waals surface area contributed by atoms with Crippen LogP contribution in [0.2, 0.25) is 0 Å². The molecule has 3 aromatic rings. The van der Waals surface area contributed by atoms with Gasteiger partial charge in [-0.05, 0) is 60.1 Å². The molecule has 35 heavy (non-hydrogen) atoms. The molecule has 2 aromatic carbocycles. The topological polar surface area (TPSA) is 0 Å². The molecule has 0 amide bonds. The Hall–Kier alpha value is -1.86. The predicted octanol–water partition coefficient (Wildman–Crippen LogP) is 11.7. The summed E-state index contributed by atoms with van der Waals surface area (Å²) >= 11 is 1.91. The van der Waals surface area contributed by atoms with Gasteiger partial charge in [0, 0.05) is 9.75 Å². The van der Waals surface area contributed by atoms with Gasteiger partial charge < -0.3 is 0 Å². The third-order valence-electron chi connectivity index (χ3n) is 7.22. The van der Waals surface area contributed by atoms with Crippen molar-refractivity contribution in [3.8, 4) is 20.9 Å². The second kappa shape index (κ2) is 16.7. The Morgan fingerprint density at radius 2 is 0.743 bits per heavy atom. The lowest BCUT2D eigenvalue weighted by molar-refractivity contribution is 0.575. The molecule has 0 aliphatic rings. The molecule has 0 fully saturated rings. The summed E-state index contributed by atoms with van der Waals surface area (Å²) in [5.74, 6) is 0. The van der Waals surface area contributed by atoms with Crippen molar-refractivity contribution in [1.29, 1.82) is 0 Å². The second-order valence-corrected chi connectivity index (χ2v) is 11.4. The normalized spacial score (nSPS) is 11.3. The molecule has 190 valence electrons. The van der Waals surface area contributed by atoms with Crippen LogP contribution in [0.1, 0.15) is 115 Å². The summed E-state index contributed by atoms with van der Waals surface area (Å²) in [6.07, 6.45) is 21.8. The maximum atomic E-state index is 2.34. The minimum atomic E-state index is 1.22. The molecule has 0 atom stereocenters. The van der Waals surface area contributed by atoms with Gasteiger partial charge in [-0.3, -0.25) is 0 Å². The second-order valence-electron chi connectivity index (χ2n) is 10.3. The molecule has 1 heterocycles. The van der Waals surface area contributed by atoms with E-state index in [1.807, 2.05) is 11.3 Å². The Kier molecular flexibility index (Phi) is 13.3. The predicted molar refractivity (Wildman–Crippen MR) is 159 cm³/mol. The van der Waals surface area contributed by atoms with Crippen LogP contribution in [0, 0.1) is 0 Å². The van der Waals surface area contributed by atoms with Crippen LogP contribution in [0.5, 0.6) is 0 Å². The molecule has 0 bridgehead atoms. The summed E-state index contributed by atoms with van der Waals surface area (Å²) < 4.78 is 0. The van der Waals surface area contributed by atoms with Gasteiger partial charge in [-0.25, -0.2) is 0 Å². The third-order valence-corrected chi connectivity index (χ3v) is 8.40. The summed E-state index contributed by atoms with van der Waals surface area (Å²) in [4.78, 5) is 2.74. The molecular formula is C34H48S. The van der Waals surface area contributed by atoms with Gasteiger partial charge in [0.15, 0.2) is 0 Å². The van der Waals surface area contributed by atoms with Gasteiger partial charge in [-0.2, -0.15) is 0 Å². The van der Waals surface area contributed by atoms with Crippen LogP contribution in [0.3, 0.4) is 0 Å². The third kappa shape index (κ3) is 10.3. The van der Waals surface area contributed by atoms with E-state index >= 15 is 0 Å². The van der Waals surface area contributed by atoms with E-state index in [0.717, 1.165) is 0 Å². The number of thiophene rings is 1. The van der Waals surface area contributed by atoms with E-state index in [0.29, 0.717) is 0 Å². The molecule has 1 aromatic heterocycles. The number of hydrogen-bond acceptors (Lipinski definition) is 1. The molecular weight excluding hydrogens is 440 g/mol. The van der Waals surface area contributed by atoms with Crippen LogP contribution in [0.4, 0.5) is 0 Å². The van der Waals surface area contributed by atoms with Crippen molar-refractivity contribution in [2.24, 2.45) is 0 Å². The molecule has 0 saturated heterocycles. The Morgan fingerprint density at radius 1 is 0.400 bits per heavy atom. The van der Waals surface area contributed by atoms with Crippen LogP contribution in [0.25, 0.3) is 20.9 Å². The molecule has 0 saturated carbocycles. The zero-order chi connectivity index (χ0) is 24.6. The van der Waals surface area contributed by atoms with Crippen molar-refractivity contribution in [3.63, 3.8) is 0 Å². The van der Waals surface area contributed by atoms with Crippen LogP contribution in [-0.4, -0.2) is 0 Å². The first kappa shape index (κ1) is 27.7. The molecule has 3 rings (SSSR count). The number of unbranched alkanes of at least 4 members (excludes halogenated alkanes) is 12. The van der Waals surface area contributed by atoms with Crippen molar-refractivity contribution >= 4 is 11.3 Å². The molecule has 1 heteroatoms. The van der Waals surface area contributed by atoms with E-state index in [1.54, 1.807) is 0 Å². The summed E-state index contributed by atoms with van der Waals surface area (Å²) in [7, 11) is 0. The first-order valence-electron chi connectivity index (χ1n) is 14.6. The van der Waals surface area contributed by atoms with Gasteiger partial charge in [-0.15, -0.1) is 11.3 Å². The number of benzene rings is 2. The fourth-order valence-corrected chi connectivity index (χ4v) is 5.91. The Morgan fingerprint density at radius 3 is 1.11 bits per heavy atom. The minimum Gasteiger partial charge on any atom is -0.135 e. The lowest BCUT2D eigenvalue weighted by atomic mass is 10.0. The molecule has 0 unspecified atom stereocenters. The van der Waals surface area contributed by atoms with Crippen molar-refractivity contribution in [1.82, 2.24) is 0 Å². The zero-order valence-electron chi connectivity index (χ0n) is 22.5. The van der Waals surface area contributed by atoms with E-state index in [4.69, 9.17) is 0 Å². The van der Waals surface area contributed by atoms with E-state index in [2.05, 4.69) is 74.5 Å². The molecule has 0 nitrogen and oxygen atoms in total. The smallest absolute Gasteiger partial charge is 0.0349 e. The summed E-state index contributed by atoms with van der Waals surface area (Å²) in [5, 5.41) is 0. The van der Waals surface area contributed by atoms with Gasteiger partial charge in [0.1, 0.15) is 0 Å². The van der Waals surface area contributed by atoms with E-state index in [-0.39, 0.29) is 0 Å². The van der Waals surface area contributed by atoms with Crippen molar-refractivity contribution < 1.29 is 0 Å². The Labute approximate surface area is 220 Å². The van der Waals surface area contributed by atoms with Gasteiger partial charge in [-0.1, -0.05) is 139 Å². The van der Waals surface area contributed by atoms with Crippen LogP contribution in [0.15, 0.2) is 60.7 Å². The largest absolute Gasteiger partial charge is 0.135 e. The SMILES string of the molecule is CCCCCCCCCCc1ccc(-c2ccc(-c3ccc(CCCCCCCC)cc3)s2)cc1. The molecule has 0 spiro atoms. The van der Waals surface area contributed by atoms with Crippen LogP contribution in [-0.2, 0) is 12.8 Å². The highest BCUT2D eigenvalue weighted by molar-refractivity contribution is 7.18. The Balaban J connectivity index is 1.41. The monoisotopic (exact) mass is 488 g/mol. The van der Waals surface area contributed by atoms with Crippen molar-refractivity contribution in [3.05, 3.63) is 71.8 Å². The Bertz CT molecular complexity index is 916. The average Bonchev–Trinajstić information content (AvgIpc) is 3.39. The number of rotatable bonds is 18. The van der Waals surface area contributed by atoms with Gasteiger partial charge in [0.2, 0.25) is 0 Å². The van der Waals surface area contributed by atoms with E-state index < -0.39 is 0 Å². The maximum absolute atomic E-state index is 2.34. The lowest BCUT2D eigenvalue weighted by Gasteiger charge is -2.05. The molecule has 0 aliphatic carbocycles. The highest BCUT2D eigenvalue weighted by Crippen LogP contribution is 2.34. The van der Waals surface area contributed by atoms with Gasteiger partial charge in [0.05, 0.1) is 0 Å². The zero-order valence-corrected chi connectivity index (χ0v) is 23.3. The first-order chi connectivity index (χ1) is 17.3. The first-order valence-corrected chi connectivity index (χ1v) is 15.4. The quantitative estimate of drug-likeness (QED) is 0.156. The maximum Gasteiger partial charge on any atom is 0.0349 e. The lowest BCUT2D eigenvalue weighted by Crippen LogP contribution is -1.87.